The first-order valence-corrected chi connectivity index (χ1v) is 7.44. The van der Waals surface area contributed by atoms with Crippen LogP contribution in [0.25, 0.3) is 0 Å². The van der Waals surface area contributed by atoms with E-state index in [1.165, 1.54) is 0 Å². The van der Waals surface area contributed by atoms with Gasteiger partial charge in [0.15, 0.2) is 11.5 Å². The number of nitrogens with zero attached hydrogens (tertiary/aromatic N) is 2. The minimum Gasteiger partial charge on any atom is -0.493 e. The van der Waals surface area contributed by atoms with Crippen molar-refractivity contribution in [2.24, 2.45) is 0 Å². The summed E-state index contributed by atoms with van der Waals surface area (Å²) in [4.78, 5) is 8.07. The van der Waals surface area contributed by atoms with E-state index in [0.29, 0.717) is 22.8 Å². The summed E-state index contributed by atoms with van der Waals surface area (Å²) in [5.41, 5.74) is 13.2. The van der Waals surface area contributed by atoms with Crippen LogP contribution in [0.1, 0.15) is 30.7 Å². The van der Waals surface area contributed by atoms with Gasteiger partial charge in [-0.1, -0.05) is 24.0 Å². The second kappa shape index (κ2) is 6.67. The van der Waals surface area contributed by atoms with Gasteiger partial charge in [-0.2, -0.15) is 4.98 Å². The van der Waals surface area contributed by atoms with Crippen molar-refractivity contribution in [2.45, 2.75) is 26.2 Å². The van der Waals surface area contributed by atoms with Crippen LogP contribution in [0.5, 0.6) is 11.5 Å². The fourth-order valence-electron chi connectivity index (χ4n) is 2.44. The van der Waals surface area contributed by atoms with E-state index in [9.17, 15) is 0 Å². The molecule has 0 aliphatic heterocycles. The molecular formula is C18H22N4O2. The molecule has 0 bridgehead atoms. The summed E-state index contributed by atoms with van der Waals surface area (Å²) in [6.45, 7) is 5.81. The zero-order valence-corrected chi connectivity index (χ0v) is 14.6. The molecule has 4 N–H and O–H groups in total. The van der Waals surface area contributed by atoms with Gasteiger partial charge in [-0.05, 0) is 26.8 Å². The van der Waals surface area contributed by atoms with Gasteiger partial charge in [0, 0.05) is 5.56 Å². The maximum Gasteiger partial charge on any atom is 0.222 e. The molecule has 2 rings (SSSR count). The van der Waals surface area contributed by atoms with Crippen molar-refractivity contribution < 1.29 is 9.47 Å². The van der Waals surface area contributed by atoms with Crippen LogP contribution in [0.2, 0.25) is 0 Å². The van der Waals surface area contributed by atoms with Crippen molar-refractivity contribution in [1.29, 1.82) is 0 Å². The minimum absolute atomic E-state index is 0.143. The highest BCUT2D eigenvalue weighted by atomic mass is 16.5. The number of methoxy groups -OCH3 is 2. The Morgan fingerprint density at radius 1 is 1.08 bits per heavy atom. The number of hydrogen-bond donors (Lipinski definition) is 2. The van der Waals surface area contributed by atoms with Crippen LogP contribution in [-0.2, 0) is 5.41 Å². The summed E-state index contributed by atoms with van der Waals surface area (Å²) in [7, 11) is 3.22. The maximum atomic E-state index is 5.91. The molecule has 0 unspecified atom stereocenters. The monoisotopic (exact) mass is 326 g/mol. The van der Waals surface area contributed by atoms with Crippen molar-refractivity contribution in [3.8, 4) is 23.3 Å². The third-order valence-electron chi connectivity index (χ3n) is 3.71. The number of aryl methyl sites for hydroxylation is 1. The Morgan fingerprint density at radius 3 is 2.38 bits per heavy atom. The predicted molar refractivity (Wildman–Crippen MR) is 95.0 cm³/mol. The molecule has 1 aromatic heterocycles. The lowest BCUT2D eigenvalue weighted by Crippen LogP contribution is -2.16. The lowest BCUT2D eigenvalue weighted by molar-refractivity contribution is 0.348. The van der Waals surface area contributed by atoms with Gasteiger partial charge >= 0.3 is 0 Å². The van der Waals surface area contributed by atoms with Gasteiger partial charge in [-0.3, -0.25) is 0 Å². The lowest BCUT2D eigenvalue weighted by Gasteiger charge is -2.22. The average molecular weight is 326 g/mol. The van der Waals surface area contributed by atoms with Crippen LogP contribution in [0.4, 0.5) is 11.8 Å². The summed E-state index contributed by atoms with van der Waals surface area (Å²) < 4.78 is 10.9. The fourth-order valence-corrected chi connectivity index (χ4v) is 2.44. The maximum absolute atomic E-state index is 5.91. The first-order valence-electron chi connectivity index (χ1n) is 7.44. The van der Waals surface area contributed by atoms with E-state index in [-0.39, 0.29) is 11.8 Å². The third kappa shape index (κ3) is 3.35. The number of benzene rings is 1. The Kier molecular flexibility index (Phi) is 4.84. The summed E-state index contributed by atoms with van der Waals surface area (Å²) >= 11 is 0. The molecule has 0 radical (unpaired) electrons. The topological polar surface area (TPSA) is 96.3 Å². The van der Waals surface area contributed by atoms with Crippen LogP contribution in [0, 0.1) is 18.8 Å². The number of rotatable bonds is 3. The van der Waals surface area contributed by atoms with Crippen molar-refractivity contribution in [3.05, 3.63) is 35.0 Å². The van der Waals surface area contributed by atoms with Gasteiger partial charge in [-0.25, -0.2) is 4.98 Å². The first-order chi connectivity index (χ1) is 11.3. The number of anilines is 2. The van der Waals surface area contributed by atoms with Crippen LogP contribution >= 0.6 is 0 Å². The summed E-state index contributed by atoms with van der Waals surface area (Å²) in [5.74, 6) is 8.07. The van der Waals surface area contributed by atoms with Gasteiger partial charge in [0.05, 0.1) is 30.9 Å². The van der Waals surface area contributed by atoms with Gasteiger partial charge in [0.2, 0.25) is 5.95 Å². The molecule has 0 aliphatic rings. The smallest absolute Gasteiger partial charge is 0.222 e. The Morgan fingerprint density at radius 2 is 1.79 bits per heavy atom. The van der Waals surface area contributed by atoms with E-state index in [4.69, 9.17) is 20.9 Å². The van der Waals surface area contributed by atoms with E-state index < -0.39 is 5.41 Å². The highest BCUT2D eigenvalue weighted by molar-refractivity contribution is 5.58. The number of hydrogen-bond acceptors (Lipinski definition) is 6. The zero-order chi connectivity index (χ0) is 17.9. The molecule has 0 saturated heterocycles. The van der Waals surface area contributed by atoms with Crippen molar-refractivity contribution >= 4 is 11.8 Å². The largest absolute Gasteiger partial charge is 0.493 e. The molecular weight excluding hydrogens is 304 g/mol. The molecule has 6 nitrogen and oxygen atoms in total. The number of nitrogen functional groups attached to an aromatic ring is 2. The third-order valence-corrected chi connectivity index (χ3v) is 3.71. The molecule has 0 fully saturated rings. The van der Waals surface area contributed by atoms with Crippen LogP contribution < -0.4 is 20.9 Å². The van der Waals surface area contributed by atoms with Gasteiger partial charge in [-0.15, -0.1) is 0 Å². The second-order valence-corrected chi connectivity index (χ2v) is 5.84. The number of nitrogens with two attached hydrogens (primary N) is 2. The fraction of sp³-hybridized carbons (Fsp3) is 0.333. The Labute approximate surface area is 142 Å². The molecule has 2 aromatic rings. The Bertz CT molecular complexity index is 796. The van der Waals surface area contributed by atoms with Gasteiger partial charge < -0.3 is 20.9 Å². The Hall–Kier alpha value is -2.94. The van der Waals surface area contributed by atoms with E-state index in [1.807, 2.05) is 32.0 Å². The van der Waals surface area contributed by atoms with E-state index in [2.05, 4.69) is 21.8 Å². The van der Waals surface area contributed by atoms with Crippen molar-refractivity contribution in [2.75, 3.05) is 25.7 Å². The second-order valence-electron chi connectivity index (χ2n) is 5.84. The SMILES string of the molecule is COc1cccc(C(C)(C)C#Cc2c(C)nc(N)nc2N)c1OC. The minimum atomic E-state index is -0.500. The first kappa shape index (κ1) is 17.4. The molecule has 0 aliphatic carbocycles. The van der Waals surface area contributed by atoms with Crippen LogP contribution in [0.15, 0.2) is 18.2 Å². The van der Waals surface area contributed by atoms with E-state index in [1.54, 1.807) is 21.1 Å². The highest BCUT2D eigenvalue weighted by Crippen LogP contribution is 2.38. The standard InChI is InChI=1S/C18H22N4O2/c1-11-12(16(19)22-17(20)21-11)9-10-18(2,3)13-7-6-8-14(23-4)15(13)24-5/h6-8H,1-5H3,(H4,19,20,21,22). The van der Waals surface area contributed by atoms with Gasteiger partial charge in [0.1, 0.15) is 5.82 Å². The van der Waals surface area contributed by atoms with Gasteiger partial charge in [0.25, 0.3) is 0 Å². The van der Waals surface area contributed by atoms with Crippen molar-refractivity contribution in [1.82, 2.24) is 9.97 Å². The molecule has 1 heterocycles. The number of aromatic nitrogens is 2. The summed E-state index contributed by atoms with van der Waals surface area (Å²) in [6, 6.07) is 5.72. The van der Waals surface area contributed by atoms with E-state index >= 15 is 0 Å². The molecule has 24 heavy (non-hydrogen) atoms. The molecule has 0 atom stereocenters. The molecule has 0 saturated carbocycles. The number of para-hydroxylation sites is 1. The zero-order valence-electron chi connectivity index (χ0n) is 14.6. The summed E-state index contributed by atoms with van der Waals surface area (Å²) in [5, 5.41) is 0. The molecule has 0 amide bonds. The molecule has 6 heteroatoms. The molecule has 1 aromatic carbocycles. The molecule has 0 spiro atoms. The van der Waals surface area contributed by atoms with Crippen molar-refractivity contribution in [3.63, 3.8) is 0 Å². The molecule has 126 valence electrons. The lowest BCUT2D eigenvalue weighted by atomic mass is 9.84. The highest BCUT2D eigenvalue weighted by Gasteiger charge is 2.24. The Balaban J connectivity index is 2.52. The predicted octanol–water partition coefficient (Wildman–Crippen LogP) is 2.30. The summed E-state index contributed by atoms with van der Waals surface area (Å²) in [6.07, 6.45) is 0. The van der Waals surface area contributed by atoms with Crippen LogP contribution in [0.3, 0.4) is 0 Å². The quantitative estimate of drug-likeness (QED) is 0.840. The average Bonchev–Trinajstić information content (AvgIpc) is 2.52. The number of ether oxygens (including phenoxy) is 2. The van der Waals surface area contributed by atoms with E-state index in [0.717, 1.165) is 5.56 Å². The normalized spacial score (nSPS) is 10.7. The van der Waals surface area contributed by atoms with Crippen LogP contribution in [-0.4, -0.2) is 24.2 Å².